The lowest BCUT2D eigenvalue weighted by atomic mass is 9.95. The maximum atomic E-state index is 12.8. The summed E-state index contributed by atoms with van der Waals surface area (Å²) in [5.74, 6) is 0.508. The molecular formula is C13H13FO2. The Morgan fingerprint density at radius 2 is 1.94 bits per heavy atom. The SMILES string of the molecule is OCC(Cc1ccco1)c1ccc(F)cc1. The lowest BCUT2D eigenvalue weighted by Gasteiger charge is -2.12. The second-order valence-corrected chi connectivity index (χ2v) is 3.71. The number of furan rings is 1. The molecule has 16 heavy (non-hydrogen) atoms. The second-order valence-electron chi connectivity index (χ2n) is 3.71. The number of hydrogen-bond donors (Lipinski definition) is 1. The van der Waals surface area contributed by atoms with Crippen molar-refractivity contribution >= 4 is 0 Å². The van der Waals surface area contributed by atoms with Crippen molar-refractivity contribution in [3.63, 3.8) is 0 Å². The van der Waals surface area contributed by atoms with Crippen LogP contribution in [0.2, 0.25) is 0 Å². The van der Waals surface area contributed by atoms with Crippen molar-refractivity contribution in [1.29, 1.82) is 0 Å². The zero-order valence-corrected chi connectivity index (χ0v) is 8.77. The van der Waals surface area contributed by atoms with E-state index in [-0.39, 0.29) is 18.3 Å². The predicted molar refractivity (Wildman–Crippen MR) is 58.6 cm³/mol. The van der Waals surface area contributed by atoms with Gasteiger partial charge in [-0.3, -0.25) is 0 Å². The van der Waals surface area contributed by atoms with Gasteiger partial charge in [-0.2, -0.15) is 0 Å². The van der Waals surface area contributed by atoms with E-state index in [4.69, 9.17) is 4.42 Å². The largest absolute Gasteiger partial charge is 0.469 e. The molecule has 2 aromatic rings. The first-order valence-electron chi connectivity index (χ1n) is 5.18. The Balaban J connectivity index is 2.13. The first-order valence-corrected chi connectivity index (χ1v) is 5.18. The first kappa shape index (κ1) is 10.9. The van der Waals surface area contributed by atoms with Crippen molar-refractivity contribution in [3.8, 4) is 0 Å². The molecule has 1 atom stereocenters. The van der Waals surface area contributed by atoms with Crippen LogP contribution in [0.5, 0.6) is 0 Å². The number of aliphatic hydroxyl groups is 1. The number of hydrogen-bond acceptors (Lipinski definition) is 2. The van der Waals surface area contributed by atoms with E-state index in [2.05, 4.69) is 0 Å². The normalized spacial score (nSPS) is 12.6. The Labute approximate surface area is 93.3 Å². The Morgan fingerprint density at radius 1 is 1.19 bits per heavy atom. The van der Waals surface area contributed by atoms with Gasteiger partial charge in [-0.05, 0) is 29.8 Å². The molecule has 0 radical (unpaired) electrons. The number of aliphatic hydroxyl groups excluding tert-OH is 1. The number of halogens is 1. The summed E-state index contributed by atoms with van der Waals surface area (Å²) in [5, 5.41) is 9.31. The van der Waals surface area contributed by atoms with E-state index < -0.39 is 0 Å². The molecule has 3 heteroatoms. The van der Waals surface area contributed by atoms with Crippen molar-refractivity contribution in [2.75, 3.05) is 6.61 Å². The maximum Gasteiger partial charge on any atom is 0.123 e. The summed E-state index contributed by atoms with van der Waals surface area (Å²) in [5.41, 5.74) is 0.917. The molecule has 0 amide bonds. The van der Waals surface area contributed by atoms with Crippen molar-refractivity contribution in [2.24, 2.45) is 0 Å². The molecule has 84 valence electrons. The van der Waals surface area contributed by atoms with Crippen LogP contribution < -0.4 is 0 Å². The Bertz CT molecular complexity index is 420. The molecule has 1 unspecified atom stereocenters. The van der Waals surface area contributed by atoms with Crippen molar-refractivity contribution in [3.05, 3.63) is 59.8 Å². The van der Waals surface area contributed by atoms with Gasteiger partial charge in [0.05, 0.1) is 12.9 Å². The smallest absolute Gasteiger partial charge is 0.123 e. The van der Waals surface area contributed by atoms with Crippen LogP contribution >= 0.6 is 0 Å². The molecule has 0 bridgehead atoms. The highest BCUT2D eigenvalue weighted by atomic mass is 19.1. The summed E-state index contributed by atoms with van der Waals surface area (Å²) in [6.07, 6.45) is 2.23. The third-order valence-electron chi connectivity index (χ3n) is 2.59. The fourth-order valence-electron chi connectivity index (χ4n) is 1.69. The van der Waals surface area contributed by atoms with Gasteiger partial charge >= 0.3 is 0 Å². The van der Waals surface area contributed by atoms with Crippen LogP contribution in [0.1, 0.15) is 17.2 Å². The van der Waals surface area contributed by atoms with E-state index in [1.807, 2.05) is 12.1 Å². The van der Waals surface area contributed by atoms with Crippen molar-refractivity contribution in [2.45, 2.75) is 12.3 Å². The van der Waals surface area contributed by atoms with Crippen LogP contribution in [0.3, 0.4) is 0 Å². The van der Waals surface area contributed by atoms with E-state index in [1.54, 1.807) is 18.4 Å². The van der Waals surface area contributed by atoms with Gasteiger partial charge in [0, 0.05) is 12.3 Å². The quantitative estimate of drug-likeness (QED) is 0.859. The standard InChI is InChI=1S/C13H13FO2/c14-12-5-3-10(4-6-12)11(9-15)8-13-2-1-7-16-13/h1-7,11,15H,8-9H2. The van der Waals surface area contributed by atoms with Crippen molar-refractivity contribution < 1.29 is 13.9 Å². The molecule has 1 aromatic carbocycles. The lowest BCUT2D eigenvalue weighted by molar-refractivity contribution is 0.259. The molecule has 2 rings (SSSR count). The molecule has 0 saturated heterocycles. The summed E-state index contributed by atoms with van der Waals surface area (Å²) < 4.78 is 18.0. The predicted octanol–water partition coefficient (Wildman–Crippen LogP) is 2.74. The van der Waals surface area contributed by atoms with Gasteiger partial charge in [-0.25, -0.2) is 4.39 Å². The Kier molecular flexibility index (Phi) is 3.37. The summed E-state index contributed by atoms with van der Waals surface area (Å²) in [4.78, 5) is 0. The lowest BCUT2D eigenvalue weighted by Crippen LogP contribution is -2.07. The summed E-state index contributed by atoms with van der Waals surface area (Å²) in [6.45, 7) is 0.0202. The third-order valence-corrected chi connectivity index (χ3v) is 2.59. The van der Waals surface area contributed by atoms with Crippen LogP contribution in [0.4, 0.5) is 4.39 Å². The third kappa shape index (κ3) is 2.49. The van der Waals surface area contributed by atoms with Crippen LogP contribution in [0, 0.1) is 5.82 Å². The van der Waals surface area contributed by atoms with Gasteiger partial charge < -0.3 is 9.52 Å². The topological polar surface area (TPSA) is 33.4 Å². The Morgan fingerprint density at radius 3 is 2.50 bits per heavy atom. The number of benzene rings is 1. The molecule has 0 saturated carbocycles. The molecule has 0 fully saturated rings. The molecule has 0 aliphatic rings. The first-order chi connectivity index (χ1) is 7.79. The van der Waals surface area contributed by atoms with E-state index in [0.717, 1.165) is 11.3 Å². The molecular weight excluding hydrogens is 207 g/mol. The fraction of sp³-hybridized carbons (Fsp3) is 0.231. The van der Waals surface area contributed by atoms with Crippen LogP contribution in [-0.4, -0.2) is 11.7 Å². The minimum Gasteiger partial charge on any atom is -0.469 e. The van der Waals surface area contributed by atoms with Gasteiger partial charge in [-0.1, -0.05) is 12.1 Å². The summed E-state index contributed by atoms with van der Waals surface area (Å²) in [6, 6.07) is 9.87. The highest BCUT2D eigenvalue weighted by Gasteiger charge is 2.12. The zero-order valence-electron chi connectivity index (χ0n) is 8.77. The van der Waals surface area contributed by atoms with E-state index in [9.17, 15) is 9.50 Å². The molecule has 1 heterocycles. The maximum absolute atomic E-state index is 12.8. The minimum atomic E-state index is -0.265. The van der Waals surface area contributed by atoms with Crippen molar-refractivity contribution in [1.82, 2.24) is 0 Å². The summed E-state index contributed by atoms with van der Waals surface area (Å²) >= 11 is 0. The fourth-order valence-corrected chi connectivity index (χ4v) is 1.69. The summed E-state index contributed by atoms with van der Waals surface area (Å²) in [7, 11) is 0. The molecule has 2 nitrogen and oxygen atoms in total. The second kappa shape index (κ2) is 4.94. The van der Waals surface area contributed by atoms with Gasteiger partial charge in [0.1, 0.15) is 11.6 Å². The minimum absolute atomic E-state index is 0.0202. The molecule has 1 N–H and O–H groups in total. The van der Waals surface area contributed by atoms with Crippen LogP contribution in [0.15, 0.2) is 47.1 Å². The molecule has 0 aliphatic heterocycles. The molecule has 0 spiro atoms. The van der Waals surface area contributed by atoms with Gasteiger partial charge in [0.15, 0.2) is 0 Å². The van der Waals surface area contributed by atoms with Gasteiger partial charge in [0.2, 0.25) is 0 Å². The average molecular weight is 220 g/mol. The van der Waals surface area contributed by atoms with E-state index >= 15 is 0 Å². The van der Waals surface area contributed by atoms with Gasteiger partial charge in [0.25, 0.3) is 0 Å². The van der Waals surface area contributed by atoms with Crippen LogP contribution in [0.25, 0.3) is 0 Å². The van der Waals surface area contributed by atoms with E-state index in [0.29, 0.717) is 6.42 Å². The highest BCUT2D eigenvalue weighted by Crippen LogP contribution is 2.21. The Hall–Kier alpha value is -1.61. The van der Waals surface area contributed by atoms with E-state index in [1.165, 1.54) is 12.1 Å². The van der Waals surface area contributed by atoms with Crippen LogP contribution in [-0.2, 0) is 6.42 Å². The van der Waals surface area contributed by atoms with Gasteiger partial charge in [-0.15, -0.1) is 0 Å². The zero-order chi connectivity index (χ0) is 11.4. The monoisotopic (exact) mass is 220 g/mol. The average Bonchev–Trinajstić information content (AvgIpc) is 2.80. The number of rotatable bonds is 4. The molecule has 0 aliphatic carbocycles. The molecule has 1 aromatic heterocycles. The highest BCUT2D eigenvalue weighted by molar-refractivity contribution is 5.22.